The van der Waals surface area contributed by atoms with Crippen LogP contribution in [0.15, 0.2) is 24.3 Å². The van der Waals surface area contributed by atoms with E-state index >= 15 is 0 Å². The summed E-state index contributed by atoms with van der Waals surface area (Å²) in [5.74, 6) is 2.63. The van der Waals surface area contributed by atoms with Gasteiger partial charge in [-0.1, -0.05) is 18.2 Å². The van der Waals surface area contributed by atoms with E-state index in [-0.39, 0.29) is 11.9 Å². The highest BCUT2D eigenvalue weighted by molar-refractivity contribution is 5.74. The highest BCUT2D eigenvalue weighted by atomic mass is 16.5. The van der Waals surface area contributed by atoms with Gasteiger partial charge in [-0.15, -0.1) is 0 Å². The molecule has 0 N–H and O–H groups in total. The number of carbonyl (C=O) groups is 1. The van der Waals surface area contributed by atoms with E-state index in [0.717, 1.165) is 60.1 Å². The molecule has 0 aliphatic carbocycles. The monoisotopic (exact) mass is 411 g/mol. The second kappa shape index (κ2) is 9.43. The van der Waals surface area contributed by atoms with Crippen LogP contribution in [0.1, 0.15) is 48.5 Å². The lowest BCUT2D eigenvalue weighted by atomic mass is 10.1. The molecule has 0 spiro atoms. The summed E-state index contributed by atoms with van der Waals surface area (Å²) in [6.45, 7) is 5.89. The van der Waals surface area contributed by atoms with Crippen LogP contribution in [0.2, 0.25) is 0 Å². The van der Waals surface area contributed by atoms with E-state index in [4.69, 9.17) is 14.7 Å². The number of likely N-dealkylation sites (tertiary alicyclic amines) is 1. The van der Waals surface area contributed by atoms with Gasteiger partial charge in [-0.05, 0) is 32.4 Å². The van der Waals surface area contributed by atoms with Crippen molar-refractivity contribution in [1.29, 1.82) is 0 Å². The molecule has 1 aliphatic heterocycles. The van der Waals surface area contributed by atoms with Crippen LogP contribution in [-0.2, 0) is 17.9 Å². The SMILES string of the molecule is COc1c(C)cccc1CN(C)Cc1cc(N(C)C)nc([C@@H]2CCCN2C(C)=O)n1. The van der Waals surface area contributed by atoms with Gasteiger partial charge in [0.25, 0.3) is 0 Å². The fraction of sp³-hybridized carbons (Fsp3) is 0.522. The number of hydrogen-bond acceptors (Lipinski definition) is 6. The lowest BCUT2D eigenvalue weighted by Crippen LogP contribution is -2.30. The van der Waals surface area contributed by atoms with Crippen molar-refractivity contribution >= 4 is 11.7 Å². The number of hydrogen-bond donors (Lipinski definition) is 0. The van der Waals surface area contributed by atoms with Gasteiger partial charge in [-0.25, -0.2) is 9.97 Å². The van der Waals surface area contributed by atoms with Gasteiger partial charge in [-0.2, -0.15) is 0 Å². The summed E-state index contributed by atoms with van der Waals surface area (Å²) in [5.41, 5.74) is 3.24. The summed E-state index contributed by atoms with van der Waals surface area (Å²) in [6.07, 6.45) is 1.90. The van der Waals surface area contributed by atoms with Crippen molar-refractivity contribution in [3.8, 4) is 5.75 Å². The average Bonchev–Trinajstić information content (AvgIpc) is 3.18. The molecule has 7 nitrogen and oxygen atoms in total. The van der Waals surface area contributed by atoms with Crippen LogP contribution in [0.25, 0.3) is 0 Å². The van der Waals surface area contributed by atoms with E-state index in [2.05, 4.69) is 37.1 Å². The zero-order valence-corrected chi connectivity index (χ0v) is 19.0. The Bertz CT molecular complexity index is 899. The minimum Gasteiger partial charge on any atom is -0.496 e. The smallest absolute Gasteiger partial charge is 0.220 e. The Kier molecular flexibility index (Phi) is 6.92. The van der Waals surface area contributed by atoms with Crippen molar-refractivity contribution < 1.29 is 9.53 Å². The number of aryl methyl sites for hydroxylation is 1. The number of carbonyl (C=O) groups excluding carboxylic acids is 1. The van der Waals surface area contributed by atoms with Crippen molar-refractivity contribution in [2.45, 2.75) is 45.8 Å². The van der Waals surface area contributed by atoms with Gasteiger partial charge in [0.2, 0.25) is 5.91 Å². The molecule has 2 aromatic rings. The second-order valence-electron chi connectivity index (χ2n) is 8.28. The number of anilines is 1. The lowest BCUT2D eigenvalue weighted by Gasteiger charge is -2.25. The van der Waals surface area contributed by atoms with Crippen LogP contribution < -0.4 is 9.64 Å². The van der Waals surface area contributed by atoms with Crippen molar-refractivity contribution in [2.75, 3.05) is 39.7 Å². The van der Waals surface area contributed by atoms with Crippen LogP contribution >= 0.6 is 0 Å². The van der Waals surface area contributed by atoms with E-state index in [0.29, 0.717) is 6.54 Å². The van der Waals surface area contributed by atoms with Crippen molar-refractivity contribution in [1.82, 2.24) is 19.8 Å². The minimum atomic E-state index is -0.0386. The Morgan fingerprint density at radius 1 is 1.23 bits per heavy atom. The van der Waals surface area contributed by atoms with Crippen LogP contribution in [0.5, 0.6) is 5.75 Å². The summed E-state index contributed by atoms with van der Waals surface area (Å²) in [6, 6.07) is 8.21. The van der Waals surface area contributed by atoms with Gasteiger partial charge in [0.1, 0.15) is 11.6 Å². The predicted molar refractivity (Wildman–Crippen MR) is 119 cm³/mol. The first-order valence-corrected chi connectivity index (χ1v) is 10.4. The topological polar surface area (TPSA) is 61.8 Å². The quantitative estimate of drug-likeness (QED) is 0.697. The first-order chi connectivity index (χ1) is 14.3. The van der Waals surface area contributed by atoms with Gasteiger partial charge >= 0.3 is 0 Å². The molecule has 0 saturated carbocycles. The van der Waals surface area contributed by atoms with Crippen LogP contribution in [0, 0.1) is 6.92 Å². The highest BCUT2D eigenvalue weighted by Crippen LogP contribution is 2.31. The fourth-order valence-electron chi connectivity index (χ4n) is 4.13. The molecule has 1 atom stereocenters. The fourth-order valence-corrected chi connectivity index (χ4v) is 4.13. The summed E-state index contributed by atoms with van der Waals surface area (Å²) in [7, 11) is 7.76. The molecule has 0 radical (unpaired) electrons. The van der Waals surface area contributed by atoms with Crippen molar-refractivity contribution in [3.63, 3.8) is 0 Å². The van der Waals surface area contributed by atoms with E-state index in [1.807, 2.05) is 30.0 Å². The van der Waals surface area contributed by atoms with Gasteiger partial charge in [-0.3, -0.25) is 9.69 Å². The average molecular weight is 412 g/mol. The molecule has 1 aromatic heterocycles. The van der Waals surface area contributed by atoms with Crippen LogP contribution in [-0.4, -0.2) is 60.5 Å². The predicted octanol–water partition coefficient (Wildman–Crippen LogP) is 3.18. The molecule has 1 fully saturated rings. The van der Waals surface area contributed by atoms with Gasteiger partial charge in [0, 0.05) is 52.3 Å². The number of ether oxygens (including phenoxy) is 1. The number of para-hydroxylation sites is 1. The zero-order valence-electron chi connectivity index (χ0n) is 19.0. The normalized spacial score (nSPS) is 16.2. The van der Waals surface area contributed by atoms with E-state index < -0.39 is 0 Å². The van der Waals surface area contributed by atoms with Gasteiger partial charge in [0.15, 0.2) is 5.82 Å². The van der Waals surface area contributed by atoms with Crippen LogP contribution in [0.3, 0.4) is 0 Å². The minimum absolute atomic E-state index is 0.0386. The Balaban J connectivity index is 1.84. The first kappa shape index (κ1) is 22.0. The number of rotatable bonds is 7. The highest BCUT2D eigenvalue weighted by Gasteiger charge is 2.30. The zero-order chi connectivity index (χ0) is 21.8. The van der Waals surface area contributed by atoms with Gasteiger partial charge < -0.3 is 14.5 Å². The molecular weight excluding hydrogens is 378 g/mol. The molecule has 1 aromatic carbocycles. The molecule has 2 heterocycles. The maximum Gasteiger partial charge on any atom is 0.220 e. The Morgan fingerprint density at radius 3 is 2.67 bits per heavy atom. The molecule has 30 heavy (non-hydrogen) atoms. The maximum absolute atomic E-state index is 12.0. The molecule has 1 aliphatic rings. The van der Waals surface area contributed by atoms with Crippen LogP contribution in [0.4, 0.5) is 5.82 Å². The van der Waals surface area contributed by atoms with Crippen molar-refractivity contribution in [2.24, 2.45) is 0 Å². The summed E-state index contributed by atoms with van der Waals surface area (Å²) >= 11 is 0. The van der Waals surface area contributed by atoms with E-state index in [1.165, 1.54) is 0 Å². The molecule has 3 rings (SSSR count). The number of methoxy groups -OCH3 is 1. The second-order valence-corrected chi connectivity index (χ2v) is 8.28. The standard InChI is InChI=1S/C23H33N5O2/c1-16-9-7-10-18(22(16)30-6)14-27(5)15-19-13-21(26(3)4)25-23(24-19)20-11-8-12-28(20)17(2)29/h7,9-10,13,20H,8,11-12,14-15H2,1-6H3/t20-/m0/s1. The maximum atomic E-state index is 12.0. The third kappa shape index (κ3) is 4.90. The van der Waals surface area contributed by atoms with E-state index in [9.17, 15) is 4.79 Å². The lowest BCUT2D eigenvalue weighted by molar-refractivity contribution is -0.129. The third-order valence-electron chi connectivity index (χ3n) is 5.57. The summed E-state index contributed by atoms with van der Waals surface area (Å²) < 4.78 is 5.60. The summed E-state index contributed by atoms with van der Waals surface area (Å²) in [5, 5.41) is 0. The molecule has 1 amide bonds. The Morgan fingerprint density at radius 2 is 2.00 bits per heavy atom. The van der Waals surface area contributed by atoms with Crippen molar-refractivity contribution in [3.05, 3.63) is 46.9 Å². The molecule has 0 bridgehead atoms. The van der Waals surface area contributed by atoms with Gasteiger partial charge in [0.05, 0.1) is 18.8 Å². The largest absolute Gasteiger partial charge is 0.496 e. The number of amides is 1. The number of nitrogens with zero attached hydrogens (tertiary/aromatic N) is 5. The Labute approximate surface area is 179 Å². The molecule has 7 heteroatoms. The first-order valence-electron chi connectivity index (χ1n) is 10.4. The molecule has 1 saturated heterocycles. The Hall–Kier alpha value is -2.67. The van der Waals surface area contributed by atoms with E-state index in [1.54, 1.807) is 14.0 Å². The number of aromatic nitrogens is 2. The third-order valence-corrected chi connectivity index (χ3v) is 5.57. The number of benzene rings is 1. The molecular formula is C23H33N5O2. The summed E-state index contributed by atoms with van der Waals surface area (Å²) in [4.78, 5) is 27.8. The molecule has 162 valence electrons. The molecule has 0 unspecified atom stereocenters.